The van der Waals surface area contributed by atoms with E-state index in [1.807, 2.05) is 42.1 Å². The van der Waals surface area contributed by atoms with Crippen molar-refractivity contribution in [3.05, 3.63) is 106 Å². The van der Waals surface area contributed by atoms with Gasteiger partial charge in [0, 0.05) is 98.6 Å². The topological polar surface area (TPSA) is 135 Å². The van der Waals surface area contributed by atoms with Crippen LogP contribution in [0.3, 0.4) is 0 Å². The molecule has 0 radical (unpaired) electrons. The lowest BCUT2D eigenvalue weighted by molar-refractivity contribution is 0.0904. The largest absolute Gasteiger partial charge is 0.496 e. The minimum absolute atomic E-state index is 0.248. The zero-order valence-corrected chi connectivity index (χ0v) is 34.8. The average molecular weight is 787 g/mol. The first-order valence-corrected chi connectivity index (χ1v) is 20.8. The standard InChI is InChI=1S/C46H58N8O4/c1-7-41-39(43(51-37-14-16-58-17-15-37)40-25-49-54(8-2)44(40)52-41)24-48-46(56)36-19-29(3)18-35(22-36)45(55)47-23-32-12-13-42(57-6)38(21-32)34-11-9-10-33(20-34)28-53-26-30(4)50-31(5)27-53/h9-13,18-22,25,30-31,37,50H,7-8,14-17,23-24,26-28H2,1-6H3,(H,47,55)(H,48,56)(H,51,52)/t30-,31+. The second-order valence-corrected chi connectivity index (χ2v) is 15.8. The summed E-state index contributed by atoms with van der Waals surface area (Å²) in [5, 5.41) is 19.2. The van der Waals surface area contributed by atoms with Crippen LogP contribution >= 0.6 is 0 Å². The third-order valence-electron chi connectivity index (χ3n) is 11.2. The fraction of sp³-hybridized carbons (Fsp3) is 0.435. The second kappa shape index (κ2) is 18.5. The number of piperazine rings is 1. The summed E-state index contributed by atoms with van der Waals surface area (Å²) in [6, 6.07) is 21.1. The van der Waals surface area contributed by atoms with Crippen LogP contribution in [-0.2, 0) is 37.3 Å². The number of hydrogen-bond donors (Lipinski definition) is 4. The monoisotopic (exact) mass is 786 g/mol. The summed E-state index contributed by atoms with van der Waals surface area (Å²) in [6.45, 7) is 16.1. The SMILES string of the molecule is CCc1nc2c(cnn2CC)c(NC2CCOCC2)c1CNC(=O)c1cc(C)cc(C(=O)NCc2ccc(OC)c(-c3cccc(CN4C[C@@H](C)N[C@@H](C)C4)c3)c2)c1. The first kappa shape index (κ1) is 40.9. The minimum Gasteiger partial charge on any atom is -0.496 e. The molecule has 0 aliphatic carbocycles. The molecule has 0 saturated carbocycles. The Bertz CT molecular complexity index is 2240. The summed E-state index contributed by atoms with van der Waals surface area (Å²) in [6.07, 6.45) is 4.36. The lowest BCUT2D eigenvalue weighted by atomic mass is 9.99. The van der Waals surface area contributed by atoms with Crippen LogP contribution in [0.15, 0.2) is 66.9 Å². The van der Waals surface area contributed by atoms with Gasteiger partial charge >= 0.3 is 0 Å². The highest BCUT2D eigenvalue weighted by molar-refractivity contribution is 6.00. The Hall–Kier alpha value is -5.30. The molecular weight excluding hydrogens is 729 g/mol. The highest BCUT2D eigenvalue weighted by Crippen LogP contribution is 2.33. The number of rotatable bonds is 14. The highest BCUT2D eigenvalue weighted by atomic mass is 16.5. The molecule has 7 rings (SSSR count). The van der Waals surface area contributed by atoms with E-state index in [1.165, 1.54) is 5.56 Å². The Balaban J connectivity index is 1.04. The molecule has 5 aromatic rings. The van der Waals surface area contributed by atoms with Crippen LogP contribution in [-0.4, -0.2) is 83.0 Å². The van der Waals surface area contributed by atoms with Gasteiger partial charge in [-0.25, -0.2) is 9.67 Å². The Kier molecular flexibility index (Phi) is 13.1. The molecule has 306 valence electrons. The maximum absolute atomic E-state index is 13.8. The fourth-order valence-corrected chi connectivity index (χ4v) is 8.46. The number of benzene rings is 3. The number of nitrogens with one attached hydrogen (secondary N) is 4. The highest BCUT2D eigenvalue weighted by Gasteiger charge is 2.24. The van der Waals surface area contributed by atoms with Gasteiger partial charge in [-0.15, -0.1) is 0 Å². The molecule has 4 N–H and O–H groups in total. The van der Waals surface area contributed by atoms with Gasteiger partial charge in [0.15, 0.2) is 5.65 Å². The van der Waals surface area contributed by atoms with Crippen molar-refractivity contribution in [3.8, 4) is 16.9 Å². The predicted octanol–water partition coefficient (Wildman–Crippen LogP) is 6.63. The van der Waals surface area contributed by atoms with E-state index in [0.717, 1.165) is 88.5 Å². The second-order valence-electron chi connectivity index (χ2n) is 15.8. The van der Waals surface area contributed by atoms with Gasteiger partial charge in [0.1, 0.15) is 5.75 Å². The van der Waals surface area contributed by atoms with E-state index >= 15 is 0 Å². The average Bonchev–Trinajstić information content (AvgIpc) is 3.64. The summed E-state index contributed by atoms with van der Waals surface area (Å²) in [5.74, 6) is 0.259. The van der Waals surface area contributed by atoms with Crippen molar-refractivity contribution >= 4 is 28.5 Å². The number of nitrogens with zero attached hydrogens (tertiary/aromatic N) is 4. The molecule has 12 nitrogen and oxygen atoms in total. The third-order valence-corrected chi connectivity index (χ3v) is 11.2. The maximum Gasteiger partial charge on any atom is 0.251 e. The lowest BCUT2D eigenvalue weighted by Gasteiger charge is -2.36. The Labute approximate surface area is 342 Å². The molecule has 0 spiro atoms. The van der Waals surface area contributed by atoms with E-state index in [1.54, 1.807) is 13.2 Å². The molecule has 2 aliphatic rings. The molecular formula is C46H58N8O4. The molecule has 2 aromatic heterocycles. The number of carbonyl (C=O) groups excluding carboxylic acids is 2. The minimum atomic E-state index is -0.260. The Morgan fingerprint density at radius 3 is 2.33 bits per heavy atom. The van der Waals surface area contributed by atoms with E-state index in [0.29, 0.717) is 55.9 Å². The van der Waals surface area contributed by atoms with Crippen molar-refractivity contribution in [2.75, 3.05) is 38.7 Å². The van der Waals surface area contributed by atoms with Crippen LogP contribution in [0.25, 0.3) is 22.2 Å². The van der Waals surface area contributed by atoms with Crippen LogP contribution in [0.5, 0.6) is 5.75 Å². The smallest absolute Gasteiger partial charge is 0.251 e. The summed E-state index contributed by atoms with van der Waals surface area (Å²) in [7, 11) is 1.68. The number of anilines is 1. The molecule has 0 unspecified atom stereocenters. The number of carbonyl (C=O) groups is 2. The number of ether oxygens (including phenoxy) is 2. The van der Waals surface area contributed by atoms with Gasteiger partial charge in [-0.1, -0.05) is 31.2 Å². The molecule has 2 fully saturated rings. The van der Waals surface area contributed by atoms with Crippen molar-refractivity contribution in [3.63, 3.8) is 0 Å². The van der Waals surface area contributed by atoms with Crippen molar-refractivity contribution in [2.24, 2.45) is 0 Å². The van der Waals surface area contributed by atoms with Crippen molar-refractivity contribution in [1.82, 2.24) is 35.6 Å². The molecule has 2 atom stereocenters. The van der Waals surface area contributed by atoms with Crippen molar-refractivity contribution in [1.29, 1.82) is 0 Å². The van der Waals surface area contributed by atoms with Crippen LogP contribution in [0.2, 0.25) is 0 Å². The quantitative estimate of drug-likeness (QED) is 0.0979. The summed E-state index contributed by atoms with van der Waals surface area (Å²) >= 11 is 0. The number of methoxy groups -OCH3 is 1. The zero-order valence-electron chi connectivity index (χ0n) is 34.8. The number of fused-ring (bicyclic) bond motifs is 1. The molecule has 58 heavy (non-hydrogen) atoms. The number of aromatic nitrogens is 3. The maximum atomic E-state index is 13.8. The van der Waals surface area contributed by atoms with Gasteiger partial charge in [0.05, 0.1) is 24.4 Å². The zero-order chi connectivity index (χ0) is 40.8. The molecule has 2 amide bonds. The van der Waals surface area contributed by atoms with Crippen LogP contribution in [0.1, 0.15) is 89.2 Å². The number of hydrogen-bond acceptors (Lipinski definition) is 9. The van der Waals surface area contributed by atoms with E-state index in [2.05, 4.69) is 89.3 Å². The van der Waals surface area contributed by atoms with Crippen molar-refractivity contribution < 1.29 is 19.1 Å². The third kappa shape index (κ3) is 9.52. The Morgan fingerprint density at radius 1 is 0.914 bits per heavy atom. The number of aryl methyl sites for hydroxylation is 3. The summed E-state index contributed by atoms with van der Waals surface area (Å²) in [4.78, 5) is 35.0. The van der Waals surface area contributed by atoms with Gasteiger partial charge in [-0.3, -0.25) is 14.5 Å². The molecule has 12 heteroatoms. The number of pyridine rings is 1. The number of amides is 2. The van der Waals surface area contributed by atoms with Gasteiger partial charge in [-0.05, 0) is 106 Å². The van der Waals surface area contributed by atoms with Gasteiger partial charge in [0.25, 0.3) is 11.8 Å². The van der Waals surface area contributed by atoms with Gasteiger partial charge in [-0.2, -0.15) is 5.10 Å². The van der Waals surface area contributed by atoms with E-state index in [9.17, 15) is 9.59 Å². The molecule has 4 heterocycles. The summed E-state index contributed by atoms with van der Waals surface area (Å²) in [5.41, 5.74) is 9.56. The van der Waals surface area contributed by atoms with Gasteiger partial charge in [0.2, 0.25) is 0 Å². The first-order chi connectivity index (χ1) is 28.1. The normalized spacial score (nSPS) is 17.6. The van der Waals surface area contributed by atoms with Crippen LogP contribution in [0, 0.1) is 6.92 Å². The van der Waals surface area contributed by atoms with Crippen LogP contribution < -0.4 is 26.0 Å². The van der Waals surface area contributed by atoms with Gasteiger partial charge < -0.3 is 30.7 Å². The Morgan fingerprint density at radius 2 is 1.64 bits per heavy atom. The first-order valence-electron chi connectivity index (χ1n) is 20.8. The molecule has 0 bridgehead atoms. The van der Waals surface area contributed by atoms with Crippen LogP contribution in [0.4, 0.5) is 5.69 Å². The van der Waals surface area contributed by atoms with E-state index in [4.69, 9.17) is 14.5 Å². The van der Waals surface area contributed by atoms with E-state index < -0.39 is 0 Å². The lowest BCUT2D eigenvalue weighted by Crippen LogP contribution is -2.53. The fourth-order valence-electron chi connectivity index (χ4n) is 8.46. The molecule has 2 saturated heterocycles. The summed E-state index contributed by atoms with van der Waals surface area (Å²) < 4.78 is 13.3. The van der Waals surface area contributed by atoms with Crippen molar-refractivity contribution in [2.45, 2.75) is 98.2 Å². The molecule has 3 aromatic carbocycles. The predicted molar refractivity (Wildman–Crippen MR) is 229 cm³/mol. The van der Waals surface area contributed by atoms with E-state index in [-0.39, 0.29) is 24.4 Å². The molecule has 2 aliphatic heterocycles.